The number of hydrogen-bond acceptors (Lipinski definition) is 5. The molecular formula is C17H21N3O4. The van der Waals surface area contributed by atoms with Crippen LogP contribution in [0.25, 0.3) is 0 Å². The highest BCUT2D eigenvalue weighted by Gasteiger charge is 2.32. The number of carbonyl (C=O) groups excluding carboxylic acids is 1. The lowest BCUT2D eigenvalue weighted by atomic mass is 9.92. The Bertz CT molecular complexity index is 658. The third kappa shape index (κ3) is 4.44. The number of nitrogens with one attached hydrogen (secondary N) is 1. The van der Waals surface area contributed by atoms with Crippen LogP contribution >= 0.6 is 0 Å². The maximum absolute atomic E-state index is 12.2. The van der Waals surface area contributed by atoms with Crippen LogP contribution in [-0.4, -0.2) is 23.0 Å². The predicted octanol–water partition coefficient (Wildman–Crippen LogP) is 3.01. The number of benzene rings is 1. The molecule has 0 spiro atoms. The lowest BCUT2D eigenvalue weighted by Gasteiger charge is -2.26. The fourth-order valence-corrected chi connectivity index (χ4v) is 2.94. The van der Waals surface area contributed by atoms with Gasteiger partial charge in [0.25, 0.3) is 5.91 Å². The summed E-state index contributed by atoms with van der Waals surface area (Å²) < 4.78 is 5.31. The summed E-state index contributed by atoms with van der Waals surface area (Å²) >= 11 is 0. The lowest BCUT2D eigenvalue weighted by Crippen LogP contribution is -2.48. The molecule has 7 nitrogen and oxygen atoms in total. The fourth-order valence-electron chi connectivity index (χ4n) is 2.94. The van der Waals surface area contributed by atoms with Gasteiger partial charge in [-0.05, 0) is 31.4 Å². The van der Waals surface area contributed by atoms with Crippen molar-refractivity contribution in [1.29, 1.82) is 5.26 Å². The van der Waals surface area contributed by atoms with Crippen molar-refractivity contribution in [3.05, 3.63) is 33.9 Å². The van der Waals surface area contributed by atoms with E-state index in [0.717, 1.165) is 31.2 Å². The normalized spacial score (nSPS) is 16.5. The van der Waals surface area contributed by atoms with Crippen molar-refractivity contribution in [2.75, 3.05) is 6.61 Å². The van der Waals surface area contributed by atoms with Crippen LogP contribution in [0.4, 0.5) is 5.69 Å². The molecular weight excluding hydrogens is 310 g/mol. The van der Waals surface area contributed by atoms with E-state index in [1.165, 1.54) is 12.1 Å². The topological polar surface area (TPSA) is 105 Å². The first-order valence-electron chi connectivity index (χ1n) is 8.06. The van der Waals surface area contributed by atoms with Crippen molar-refractivity contribution in [2.24, 2.45) is 0 Å². The number of nitro groups is 1. The third-order valence-corrected chi connectivity index (χ3v) is 4.22. The van der Waals surface area contributed by atoms with Gasteiger partial charge < -0.3 is 10.1 Å². The summed E-state index contributed by atoms with van der Waals surface area (Å²) in [6, 6.07) is 6.79. The van der Waals surface area contributed by atoms with Gasteiger partial charge in [0.15, 0.2) is 12.4 Å². The van der Waals surface area contributed by atoms with Gasteiger partial charge in [-0.2, -0.15) is 5.26 Å². The van der Waals surface area contributed by atoms with Gasteiger partial charge in [-0.1, -0.05) is 31.7 Å². The average Bonchev–Trinajstić information content (AvgIpc) is 2.79. The molecule has 0 aromatic heterocycles. The summed E-state index contributed by atoms with van der Waals surface area (Å²) in [5.74, 6) is -0.388. The predicted molar refractivity (Wildman–Crippen MR) is 87.5 cm³/mol. The second-order valence-electron chi connectivity index (χ2n) is 6.17. The van der Waals surface area contributed by atoms with Gasteiger partial charge in [0.2, 0.25) is 0 Å². The second kappa shape index (κ2) is 7.77. The van der Waals surface area contributed by atoms with Crippen LogP contribution in [0.1, 0.15) is 44.1 Å². The van der Waals surface area contributed by atoms with Gasteiger partial charge in [-0.3, -0.25) is 14.9 Å². The van der Waals surface area contributed by atoms with E-state index in [0.29, 0.717) is 12.8 Å². The van der Waals surface area contributed by atoms with E-state index in [1.54, 1.807) is 13.0 Å². The number of nitriles is 1. The number of aryl methyl sites for hydroxylation is 1. The minimum Gasteiger partial charge on any atom is -0.477 e. The van der Waals surface area contributed by atoms with Gasteiger partial charge in [0, 0.05) is 6.07 Å². The second-order valence-corrected chi connectivity index (χ2v) is 6.17. The number of nitrogens with zero attached hydrogens (tertiary/aromatic N) is 2. The number of rotatable bonds is 5. The summed E-state index contributed by atoms with van der Waals surface area (Å²) in [6.07, 6.45) is 5.17. The van der Waals surface area contributed by atoms with Crippen LogP contribution in [0.3, 0.4) is 0 Å². The van der Waals surface area contributed by atoms with Crippen molar-refractivity contribution in [1.82, 2.24) is 5.32 Å². The van der Waals surface area contributed by atoms with Crippen LogP contribution in [0.15, 0.2) is 18.2 Å². The zero-order chi connectivity index (χ0) is 17.6. The number of amides is 1. The Kier molecular flexibility index (Phi) is 5.74. The maximum atomic E-state index is 12.2. The smallest absolute Gasteiger partial charge is 0.311 e. The van der Waals surface area contributed by atoms with Crippen LogP contribution < -0.4 is 10.1 Å². The number of carbonyl (C=O) groups is 1. The average molecular weight is 331 g/mol. The van der Waals surface area contributed by atoms with Crippen LogP contribution in [0.2, 0.25) is 0 Å². The first-order valence-corrected chi connectivity index (χ1v) is 8.06. The van der Waals surface area contributed by atoms with E-state index in [2.05, 4.69) is 11.4 Å². The van der Waals surface area contributed by atoms with Gasteiger partial charge in [-0.15, -0.1) is 0 Å². The molecule has 2 rings (SSSR count). The Balaban J connectivity index is 2.00. The van der Waals surface area contributed by atoms with E-state index in [1.807, 2.05) is 0 Å². The van der Waals surface area contributed by atoms with Crippen molar-refractivity contribution in [3.8, 4) is 11.8 Å². The first kappa shape index (κ1) is 17.7. The third-order valence-electron chi connectivity index (χ3n) is 4.22. The molecule has 1 saturated carbocycles. The molecule has 128 valence electrons. The Labute approximate surface area is 140 Å². The quantitative estimate of drug-likeness (QED) is 0.507. The minimum atomic E-state index is -0.851. The Morgan fingerprint density at radius 3 is 2.62 bits per heavy atom. The monoisotopic (exact) mass is 331 g/mol. The van der Waals surface area contributed by atoms with Crippen molar-refractivity contribution in [3.63, 3.8) is 0 Å². The fraction of sp³-hybridized carbons (Fsp3) is 0.529. The molecule has 0 radical (unpaired) electrons. The van der Waals surface area contributed by atoms with E-state index >= 15 is 0 Å². The summed E-state index contributed by atoms with van der Waals surface area (Å²) in [6.45, 7) is 1.39. The molecule has 0 saturated heterocycles. The SMILES string of the molecule is Cc1ccc(OCC(=O)NC2(C#N)CCCCCC2)c([N+](=O)[O-])c1. The Hall–Kier alpha value is -2.62. The molecule has 1 N–H and O–H groups in total. The lowest BCUT2D eigenvalue weighted by molar-refractivity contribution is -0.385. The molecule has 0 atom stereocenters. The van der Waals surface area contributed by atoms with Gasteiger partial charge >= 0.3 is 5.69 Å². The van der Waals surface area contributed by atoms with E-state index in [4.69, 9.17) is 4.74 Å². The molecule has 0 heterocycles. The van der Waals surface area contributed by atoms with Crippen LogP contribution in [0.5, 0.6) is 5.75 Å². The van der Waals surface area contributed by atoms with Crippen molar-refractivity contribution in [2.45, 2.75) is 51.0 Å². The van der Waals surface area contributed by atoms with E-state index in [-0.39, 0.29) is 18.0 Å². The molecule has 0 bridgehead atoms. The Morgan fingerprint density at radius 2 is 2.04 bits per heavy atom. The highest BCUT2D eigenvalue weighted by Crippen LogP contribution is 2.28. The molecule has 1 aromatic rings. The molecule has 1 aliphatic rings. The number of hydrogen-bond donors (Lipinski definition) is 1. The molecule has 0 aliphatic heterocycles. The minimum absolute atomic E-state index is 0.0487. The summed E-state index contributed by atoms with van der Waals surface area (Å²) in [5, 5.41) is 23.3. The molecule has 1 amide bonds. The molecule has 1 aliphatic carbocycles. The summed E-state index contributed by atoms with van der Waals surface area (Å²) in [5.41, 5.74) is -0.288. The number of ether oxygens (including phenoxy) is 1. The zero-order valence-corrected chi connectivity index (χ0v) is 13.7. The number of nitro benzene ring substituents is 1. The van der Waals surface area contributed by atoms with E-state index in [9.17, 15) is 20.2 Å². The summed E-state index contributed by atoms with van der Waals surface area (Å²) in [7, 11) is 0. The standard InChI is InChI=1S/C17H21N3O4/c1-13-6-7-15(14(10-13)20(22)23)24-11-16(21)19-17(12-18)8-4-2-3-5-9-17/h6-7,10H,2-5,8-9,11H2,1H3,(H,19,21). The first-order chi connectivity index (χ1) is 11.5. The molecule has 24 heavy (non-hydrogen) atoms. The maximum Gasteiger partial charge on any atom is 0.311 e. The molecule has 1 aromatic carbocycles. The summed E-state index contributed by atoms with van der Waals surface area (Å²) in [4.78, 5) is 22.7. The van der Waals surface area contributed by atoms with Gasteiger partial charge in [-0.25, -0.2) is 0 Å². The van der Waals surface area contributed by atoms with Gasteiger partial charge in [0.1, 0.15) is 5.54 Å². The highest BCUT2D eigenvalue weighted by molar-refractivity contribution is 5.79. The Morgan fingerprint density at radius 1 is 1.38 bits per heavy atom. The van der Waals surface area contributed by atoms with Crippen LogP contribution in [-0.2, 0) is 4.79 Å². The van der Waals surface area contributed by atoms with Crippen LogP contribution in [0, 0.1) is 28.4 Å². The van der Waals surface area contributed by atoms with Gasteiger partial charge in [0.05, 0.1) is 11.0 Å². The molecule has 0 unspecified atom stereocenters. The largest absolute Gasteiger partial charge is 0.477 e. The molecule has 1 fully saturated rings. The highest BCUT2D eigenvalue weighted by atomic mass is 16.6. The zero-order valence-electron chi connectivity index (χ0n) is 13.7. The van der Waals surface area contributed by atoms with E-state index < -0.39 is 16.4 Å². The molecule has 7 heteroatoms. The van der Waals surface area contributed by atoms with Crippen molar-refractivity contribution >= 4 is 11.6 Å². The van der Waals surface area contributed by atoms with Crippen molar-refractivity contribution < 1.29 is 14.5 Å².